The summed E-state index contributed by atoms with van der Waals surface area (Å²) in [5.41, 5.74) is 1.24. The van der Waals surface area contributed by atoms with Crippen LogP contribution in [0.1, 0.15) is 116 Å². The molecule has 0 bridgehead atoms. The highest BCUT2D eigenvalue weighted by molar-refractivity contribution is 6.32. The van der Waals surface area contributed by atoms with Crippen LogP contribution < -0.4 is 0 Å². The quantitative estimate of drug-likeness (QED) is 0.237. The summed E-state index contributed by atoms with van der Waals surface area (Å²) in [4.78, 5) is 37.1. The van der Waals surface area contributed by atoms with Crippen molar-refractivity contribution in [3.8, 4) is 18.1 Å². The Morgan fingerprint density at radius 3 is 2.33 bits per heavy atom. The fourth-order valence-corrected chi connectivity index (χ4v) is 14.3. The van der Waals surface area contributed by atoms with Crippen LogP contribution in [0, 0.1) is 70.0 Å². The summed E-state index contributed by atoms with van der Waals surface area (Å²) in [6.45, 7) is 9.63. The Labute approximate surface area is 307 Å². The van der Waals surface area contributed by atoms with E-state index in [9.17, 15) is 24.6 Å². The molecule has 1 aromatic rings. The van der Waals surface area contributed by atoms with Gasteiger partial charge >= 0.3 is 5.97 Å². The lowest BCUT2D eigenvalue weighted by Crippen LogP contribution is -2.58. The molecule has 0 unspecified atom stereocenters. The minimum Gasteiger partial charge on any atom is -0.508 e. The van der Waals surface area contributed by atoms with Gasteiger partial charge in [0.15, 0.2) is 17.2 Å². The molecule has 0 aromatic heterocycles. The predicted molar refractivity (Wildman–Crippen MR) is 195 cm³/mol. The van der Waals surface area contributed by atoms with E-state index in [1.807, 2.05) is 18.2 Å². The van der Waals surface area contributed by atoms with Crippen LogP contribution in [0.3, 0.4) is 0 Å². The van der Waals surface area contributed by atoms with Crippen molar-refractivity contribution in [1.29, 1.82) is 0 Å². The SMILES string of the molecule is C#C[C@]1(O)CC[C@H]2[C@@H]3CCc4cc(O)ccc4[C@H]3CC[C@@]21C.CC(=O)O[C@]1(C(C)=O)CC[C@H]2[C@@H]3C=C(Cl)C4=CC(=O)[C@@H]5C[C@@H]5[C@]4(C)[C@H]3CC[C@@]21C. The van der Waals surface area contributed by atoms with E-state index in [0.29, 0.717) is 46.8 Å². The summed E-state index contributed by atoms with van der Waals surface area (Å²) in [6, 6.07) is 5.87. The van der Waals surface area contributed by atoms with Crippen LogP contribution in [-0.4, -0.2) is 39.0 Å². The van der Waals surface area contributed by atoms with Gasteiger partial charge in [-0.25, -0.2) is 0 Å². The van der Waals surface area contributed by atoms with E-state index in [1.54, 1.807) is 6.92 Å². The first-order valence-electron chi connectivity index (χ1n) is 19.4. The first-order valence-corrected chi connectivity index (χ1v) is 19.8. The van der Waals surface area contributed by atoms with Crippen LogP contribution in [-0.2, 0) is 25.5 Å². The molecule has 51 heavy (non-hydrogen) atoms. The number of hydrogen-bond donors (Lipinski definition) is 2. The zero-order valence-electron chi connectivity index (χ0n) is 30.8. The number of benzene rings is 1. The van der Waals surface area contributed by atoms with E-state index in [2.05, 4.69) is 38.8 Å². The van der Waals surface area contributed by atoms with Crippen molar-refractivity contribution in [1.82, 2.24) is 0 Å². The molecular weight excluding hydrogens is 660 g/mol. The number of carbonyl (C=O) groups is 3. The molecule has 8 aliphatic carbocycles. The smallest absolute Gasteiger partial charge is 0.303 e. The number of fused-ring (bicyclic) bond motifs is 12. The van der Waals surface area contributed by atoms with Crippen LogP contribution in [0.5, 0.6) is 5.75 Å². The maximum absolute atomic E-state index is 12.8. The molecular formula is C44H53ClO6. The zero-order valence-corrected chi connectivity index (χ0v) is 31.5. The molecule has 6 nitrogen and oxygen atoms in total. The number of terminal acetylenes is 1. The summed E-state index contributed by atoms with van der Waals surface area (Å²) in [5.74, 6) is 6.09. The summed E-state index contributed by atoms with van der Waals surface area (Å²) in [5, 5.41) is 21.3. The molecule has 13 atom stereocenters. The van der Waals surface area contributed by atoms with Gasteiger partial charge in [0, 0.05) is 34.1 Å². The van der Waals surface area contributed by atoms with E-state index in [-0.39, 0.29) is 51.5 Å². The van der Waals surface area contributed by atoms with E-state index < -0.39 is 11.2 Å². The largest absolute Gasteiger partial charge is 0.508 e. The minimum atomic E-state index is -1.03. The molecule has 2 N–H and O–H groups in total. The molecule has 5 saturated carbocycles. The van der Waals surface area contributed by atoms with E-state index in [4.69, 9.17) is 22.8 Å². The number of Topliss-reactive ketones (excluding diaryl/α,β-unsaturated/α-hetero) is 1. The second-order valence-electron chi connectivity index (χ2n) is 18.3. The number of aliphatic hydroxyl groups is 1. The van der Waals surface area contributed by atoms with Crippen molar-refractivity contribution in [2.45, 2.75) is 122 Å². The number of phenols is 1. The number of rotatable bonds is 2. The lowest BCUT2D eigenvalue weighted by atomic mass is 9.47. The fourth-order valence-electron chi connectivity index (χ4n) is 13.8. The van der Waals surface area contributed by atoms with Crippen molar-refractivity contribution < 1.29 is 29.3 Å². The van der Waals surface area contributed by atoms with Crippen molar-refractivity contribution in [3.63, 3.8) is 0 Å². The lowest BCUT2D eigenvalue weighted by molar-refractivity contribution is -0.185. The number of halogens is 1. The number of aryl methyl sites for hydroxylation is 1. The van der Waals surface area contributed by atoms with Crippen molar-refractivity contribution in [2.75, 3.05) is 0 Å². The highest BCUT2D eigenvalue weighted by Gasteiger charge is 2.70. The Bertz CT molecular complexity index is 1820. The molecule has 272 valence electrons. The molecule has 0 saturated heterocycles. The highest BCUT2D eigenvalue weighted by Crippen LogP contribution is 2.72. The topological polar surface area (TPSA) is 101 Å². The van der Waals surface area contributed by atoms with Crippen LogP contribution in [0.4, 0.5) is 0 Å². The Morgan fingerprint density at radius 2 is 1.63 bits per heavy atom. The van der Waals surface area contributed by atoms with E-state index in [1.165, 1.54) is 18.1 Å². The number of phenolic OH excluding ortho intramolecular Hbond substituents is 1. The van der Waals surface area contributed by atoms with Crippen LogP contribution in [0.2, 0.25) is 0 Å². The standard InChI is InChI=1S/C24H29ClO4.C20H24O2/c1-12(26)24(29-13(2)27)8-6-16-14-10-20(25)19-11-21(28)15-9-18(15)23(19,4)17(14)5-7-22(16,24)3;1-3-20(22)11-9-18-17-6-4-13-12-14(21)5-7-15(13)16(17)8-10-19(18,20)2/h10-11,14-18H,5-9H2,1-4H3;1,5,7,12,16-18,21-22H,4,6,8-11H2,2H3/t14-,15+,16-,17-,18-,22-,23-,24-;16-,17-,18+,19+,20+/m01/s1. The Kier molecular flexibility index (Phi) is 7.97. The van der Waals surface area contributed by atoms with Crippen LogP contribution >= 0.6 is 11.6 Å². The normalized spacial score (nSPS) is 46.7. The Balaban J connectivity index is 0.000000152. The number of hydrogen-bond acceptors (Lipinski definition) is 6. The average Bonchev–Trinajstić information content (AvgIpc) is 3.79. The van der Waals surface area contributed by atoms with Gasteiger partial charge < -0.3 is 14.9 Å². The molecule has 0 spiro atoms. The van der Waals surface area contributed by atoms with Crippen LogP contribution in [0.15, 0.2) is 41.0 Å². The molecule has 0 aliphatic heterocycles. The van der Waals surface area contributed by atoms with Gasteiger partial charge in [0.05, 0.1) is 0 Å². The van der Waals surface area contributed by atoms with Gasteiger partial charge in [-0.3, -0.25) is 14.4 Å². The third kappa shape index (κ3) is 4.68. The molecule has 5 fully saturated rings. The van der Waals surface area contributed by atoms with E-state index >= 15 is 0 Å². The van der Waals surface area contributed by atoms with Crippen molar-refractivity contribution in [2.24, 2.45) is 57.7 Å². The maximum Gasteiger partial charge on any atom is 0.303 e. The summed E-state index contributed by atoms with van der Waals surface area (Å²) in [7, 11) is 0. The lowest BCUT2D eigenvalue weighted by Gasteiger charge is -2.57. The van der Waals surface area contributed by atoms with Gasteiger partial charge in [0.1, 0.15) is 11.4 Å². The maximum atomic E-state index is 12.8. The Morgan fingerprint density at radius 1 is 0.922 bits per heavy atom. The highest BCUT2D eigenvalue weighted by atomic mass is 35.5. The fraction of sp³-hybridized carbons (Fsp3) is 0.659. The van der Waals surface area contributed by atoms with Gasteiger partial charge in [0.25, 0.3) is 0 Å². The number of ketones is 2. The van der Waals surface area contributed by atoms with Crippen molar-refractivity contribution in [3.05, 3.63) is 52.1 Å². The molecule has 8 aliphatic rings. The van der Waals surface area contributed by atoms with Gasteiger partial charge in [-0.1, -0.05) is 50.4 Å². The van der Waals surface area contributed by atoms with Gasteiger partial charge in [-0.2, -0.15) is 0 Å². The molecule has 0 amide bonds. The number of aromatic hydroxyl groups is 1. The molecule has 1 aromatic carbocycles. The third-order valence-corrected chi connectivity index (χ3v) is 16.9. The zero-order chi connectivity index (χ0) is 36.5. The predicted octanol–water partition coefficient (Wildman–Crippen LogP) is 8.22. The number of esters is 1. The first-order chi connectivity index (χ1) is 24.0. The molecule has 7 heteroatoms. The third-order valence-electron chi connectivity index (χ3n) is 16.6. The summed E-state index contributed by atoms with van der Waals surface area (Å²) in [6.07, 6.45) is 20.0. The average molecular weight is 713 g/mol. The van der Waals surface area contributed by atoms with Gasteiger partial charge in [-0.05, 0) is 154 Å². The first kappa shape index (κ1) is 35.2. The summed E-state index contributed by atoms with van der Waals surface area (Å²) >= 11 is 6.79. The number of allylic oxidation sites excluding steroid dienone is 4. The molecule has 9 rings (SSSR count). The molecule has 0 heterocycles. The monoisotopic (exact) mass is 712 g/mol. The molecule has 0 radical (unpaired) electrons. The van der Waals surface area contributed by atoms with Gasteiger partial charge in [-0.15, -0.1) is 6.42 Å². The summed E-state index contributed by atoms with van der Waals surface area (Å²) < 4.78 is 5.82. The van der Waals surface area contributed by atoms with Crippen LogP contribution in [0.25, 0.3) is 0 Å². The van der Waals surface area contributed by atoms with Crippen molar-refractivity contribution >= 4 is 29.1 Å². The van der Waals surface area contributed by atoms with Gasteiger partial charge in [0.2, 0.25) is 0 Å². The minimum absolute atomic E-state index is 0.0423. The second-order valence-corrected chi connectivity index (χ2v) is 18.7. The Hall–Kier alpha value is -2.88. The number of ether oxygens (including phenoxy) is 1. The second kappa shape index (κ2) is 11.6. The van der Waals surface area contributed by atoms with E-state index in [0.717, 1.165) is 69.8 Å². The number of carbonyl (C=O) groups excluding carboxylic acids is 3.